The maximum atomic E-state index is 10.7. The summed E-state index contributed by atoms with van der Waals surface area (Å²) in [6, 6.07) is 8.45. The number of hydrogen-bond donors (Lipinski definition) is 1. The Bertz CT molecular complexity index is 617. The first-order chi connectivity index (χ1) is 9.08. The molecule has 0 radical (unpaired) electrons. The molecule has 1 aromatic heterocycles. The van der Waals surface area contributed by atoms with Crippen LogP contribution >= 0.6 is 15.9 Å². The predicted octanol–water partition coefficient (Wildman–Crippen LogP) is 3.67. The van der Waals surface area contributed by atoms with Gasteiger partial charge in [0.05, 0.1) is 9.40 Å². The summed E-state index contributed by atoms with van der Waals surface area (Å²) in [5.41, 5.74) is 2.01. The van der Waals surface area contributed by atoms with Crippen LogP contribution in [0.4, 0.5) is 11.5 Å². The number of halogens is 1. The maximum absolute atomic E-state index is 10.7. The molecule has 0 aliphatic heterocycles. The highest BCUT2D eigenvalue weighted by atomic mass is 79.9. The number of rotatable bonds is 4. The molecule has 5 nitrogen and oxygen atoms in total. The number of hydrogen-bond acceptors (Lipinski definition) is 4. The number of aromatic nitrogens is 1. The zero-order valence-electron chi connectivity index (χ0n) is 10.3. The molecule has 0 aliphatic rings. The first kappa shape index (κ1) is 13.5. The number of pyridine rings is 1. The highest BCUT2D eigenvalue weighted by Crippen LogP contribution is 2.24. The minimum absolute atomic E-state index is 0.0931. The van der Waals surface area contributed by atoms with Crippen LogP contribution in [-0.4, -0.2) is 9.91 Å². The molecule has 0 fully saturated rings. The predicted molar refractivity (Wildman–Crippen MR) is 77.1 cm³/mol. The van der Waals surface area contributed by atoms with E-state index in [1.54, 1.807) is 18.3 Å². The molecular formula is C13H12BrN3O2. The molecule has 2 aromatic rings. The molecular weight excluding hydrogens is 310 g/mol. The van der Waals surface area contributed by atoms with Crippen molar-refractivity contribution in [1.29, 1.82) is 0 Å². The lowest BCUT2D eigenvalue weighted by Crippen LogP contribution is -2.03. The Morgan fingerprint density at radius 2 is 2.21 bits per heavy atom. The Labute approximate surface area is 119 Å². The fourth-order valence-corrected chi connectivity index (χ4v) is 2.00. The highest BCUT2D eigenvalue weighted by Gasteiger charge is 2.07. The number of nitrogens with one attached hydrogen (secondary N) is 1. The number of aryl methyl sites for hydroxylation is 1. The Kier molecular flexibility index (Phi) is 4.11. The lowest BCUT2D eigenvalue weighted by molar-refractivity contribution is -0.384. The average Bonchev–Trinajstić information content (AvgIpc) is 2.41. The summed E-state index contributed by atoms with van der Waals surface area (Å²) in [7, 11) is 0. The summed E-state index contributed by atoms with van der Waals surface area (Å²) in [4.78, 5) is 14.5. The average molecular weight is 322 g/mol. The van der Waals surface area contributed by atoms with Crippen molar-refractivity contribution in [2.45, 2.75) is 13.5 Å². The largest absolute Gasteiger partial charge is 0.365 e. The van der Waals surface area contributed by atoms with Gasteiger partial charge in [-0.25, -0.2) is 4.98 Å². The third-order valence-corrected chi connectivity index (χ3v) is 3.66. The van der Waals surface area contributed by atoms with Crippen LogP contribution in [0.3, 0.4) is 0 Å². The van der Waals surface area contributed by atoms with E-state index in [-0.39, 0.29) is 5.69 Å². The van der Waals surface area contributed by atoms with E-state index in [1.165, 1.54) is 6.07 Å². The Morgan fingerprint density at radius 1 is 1.42 bits per heavy atom. The monoisotopic (exact) mass is 321 g/mol. The molecule has 1 aromatic carbocycles. The van der Waals surface area contributed by atoms with E-state index in [4.69, 9.17) is 0 Å². The van der Waals surface area contributed by atoms with Crippen LogP contribution in [-0.2, 0) is 6.54 Å². The fraction of sp³-hybridized carbons (Fsp3) is 0.154. The molecule has 0 spiro atoms. The molecule has 6 heteroatoms. The topological polar surface area (TPSA) is 68.1 Å². The number of benzene rings is 1. The molecule has 1 heterocycles. The molecule has 2 rings (SSSR count). The van der Waals surface area contributed by atoms with Crippen LogP contribution in [0.1, 0.15) is 11.1 Å². The molecule has 1 N–H and O–H groups in total. The number of nitro groups is 1. The molecule has 98 valence electrons. The SMILES string of the molecule is Cc1ccnc(NCc2cccc([N+](=O)[O-])c2)c1Br. The van der Waals surface area contributed by atoms with Crippen LogP contribution in [0.25, 0.3) is 0 Å². The Morgan fingerprint density at radius 3 is 2.95 bits per heavy atom. The van der Waals surface area contributed by atoms with E-state index in [0.29, 0.717) is 6.54 Å². The van der Waals surface area contributed by atoms with E-state index in [0.717, 1.165) is 21.4 Å². The fourth-order valence-electron chi connectivity index (χ4n) is 1.63. The molecule has 0 bridgehead atoms. The summed E-state index contributed by atoms with van der Waals surface area (Å²) in [5, 5.41) is 13.8. The summed E-state index contributed by atoms with van der Waals surface area (Å²) in [5.74, 6) is 0.728. The zero-order valence-corrected chi connectivity index (χ0v) is 11.8. The van der Waals surface area contributed by atoms with Gasteiger partial charge in [0.15, 0.2) is 0 Å². The van der Waals surface area contributed by atoms with E-state index in [1.807, 2.05) is 19.1 Å². The molecule has 19 heavy (non-hydrogen) atoms. The lowest BCUT2D eigenvalue weighted by atomic mass is 10.2. The summed E-state index contributed by atoms with van der Waals surface area (Å²) in [6.07, 6.45) is 1.72. The van der Waals surface area contributed by atoms with Crippen LogP contribution in [0.2, 0.25) is 0 Å². The standard InChI is InChI=1S/C13H12BrN3O2/c1-9-5-6-15-13(12(9)14)16-8-10-3-2-4-11(7-10)17(18)19/h2-7H,8H2,1H3,(H,15,16). The van der Waals surface area contributed by atoms with Crippen molar-refractivity contribution in [2.24, 2.45) is 0 Å². The van der Waals surface area contributed by atoms with Crippen molar-refractivity contribution < 1.29 is 4.92 Å². The second-order valence-corrected chi connectivity index (χ2v) is 4.86. The summed E-state index contributed by atoms with van der Waals surface area (Å²) in [6.45, 7) is 2.46. The molecule has 0 unspecified atom stereocenters. The second kappa shape index (κ2) is 5.79. The first-order valence-corrected chi connectivity index (χ1v) is 6.45. The number of nitrogens with zero attached hydrogens (tertiary/aromatic N) is 2. The van der Waals surface area contributed by atoms with Gasteiger partial charge in [0.25, 0.3) is 5.69 Å². The minimum Gasteiger partial charge on any atom is -0.365 e. The van der Waals surface area contributed by atoms with Gasteiger partial charge in [-0.3, -0.25) is 10.1 Å². The number of non-ortho nitro benzene ring substituents is 1. The summed E-state index contributed by atoms with van der Waals surface area (Å²) < 4.78 is 0.903. The van der Waals surface area contributed by atoms with Crippen LogP contribution < -0.4 is 5.32 Å². The lowest BCUT2D eigenvalue weighted by Gasteiger charge is -2.09. The molecule has 0 aliphatic carbocycles. The van der Waals surface area contributed by atoms with Gasteiger partial charge in [0, 0.05) is 24.9 Å². The van der Waals surface area contributed by atoms with E-state index >= 15 is 0 Å². The first-order valence-electron chi connectivity index (χ1n) is 5.66. The Hall–Kier alpha value is -1.95. The van der Waals surface area contributed by atoms with Gasteiger partial charge in [-0.05, 0) is 40.0 Å². The van der Waals surface area contributed by atoms with E-state index in [2.05, 4.69) is 26.2 Å². The van der Waals surface area contributed by atoms with Crippen LogP contribution in [0, 0.1) is 17.0 Å². The Balaban J connectivity index is 2.12. The van der Waals surface area contributed by atoms with E-state index in [9.17, 15) is 10.1 Å². The number of anilines is 1. The third kappa shape index (κ3) is 3.29. The molecule has 0 amide bonds. The maximum Gasteiger partial charge on any atom is 0.269 e. The van der Waals surface area contributed by atoms with Crippen LogP contribution in [0.15, 0.2) is 41.0 Å². The van der Waals surface area contributed by atoms with Crippen molar-refractivity contribution in [3.63, 3.8) is 0 Å². The van der Waals surface area contributed by atoms with Gasteiger partial charge in [-0.1, -0.05) is 12.1 Å². The van der Waals surface area contributed by atoms with Crippen molar-refractivity contribution in [2.75, 3.05) is 5.32 Å². The van der Waals surface area contributed by atoms with E-state index < -0.39 is 4.92 Å². The molecule has 0 atom stereocenters. The van der Waals surface area contributed by atoms with Gasteiger partial charge in [-0.15, -0.1) is 0 Å². The molecule has 0 saturated carbocycles. The van der Waals surface area contributed by atoms with Gasteiger partial charge in [0.1, 0.15) is 5.82 Å². The van der Waals surface area contributed by atoms with Crippen molar-refractivity contribution in [3.8, 4) is 0 Å². The molecule has 0 saturated heterocycles. The van der Waals surface area contributed by atoms with Gasteiger partial charge >= 0.3 is 0 Å². The minimum atomic E-state index is -0.398. The quantitative estimate of drug-likeness (QED) is 0.689. The third-order valence-electron chi connectivity index (χ3n) is 2.66. The smallest absolute Gasteiger partial charge is 0.269 e. The van der Waals surface area contributed by atoms with Gasteiger partial charge in [-0.2, -0.15) is 0 Å². The normalized spacial score (nSPS) is 10.2. The summed E-state index contributed by atoms with van der Waals surface area (Å²) >= 11 is 3.46. The second-order valence-electron chi connectivity index (χ2n) is 4.07. The van der Waals surface area contributed by atoms with Crippen LogP contribution in [0.5, 0.6) is 0 Å². The van der Waals surface area contributed by atoms with Crippen molar-refractivity contribution in [3.05, 3.63) is 62.2 Å². The zero-order chi connectivity index (χ0) is 13.8. The van der Waals surface area contributed by atoms with Crippen molar-refractivity contribution >= 4 is 27.4 Å². The number of nitro benzene ring substituents is 1. The van der Waals surface area contributed by atoms with Gasteiger partial charge < -0.3 is 5.32 Å². The van der Waals surface area contributed by atoms with Crippen molar-refractivity contribution in [1.82, 2.24) is 4.98 Å². The highest BCUT2D eigenvalue weighted by molar-refractivity contribution is 9.10. The van der Waals surface area contributed by atoms with Gasteiger partial charge in [0.2, 0.25) is 0 Å².